The highest BCUT2D eigenvalue weighted by atomic mass is 14.9. The lowest BCUT2D eigenvalue weighted by Gasteiger charge is -2.11. The summed E-state index contributed by atoms with van der Waals surface area (Å²) in [6.45, 7) is 2.10. The number of rotatable bonds is 3. The molecule has 0 N–H and O–H groups in total. The van der Waals surface area contributed by atoms with Gasteiger partial charge in [0.2, 0.25) is 0 Å². The summed E-state index contributed by atoms with van der Waals surface area (Å²) in [6, 6.07) is 35.6. The van der Waals surface area contributed by atoms with Crippen LogP contribution in [0.3, 0.4) is 0 Å². The van der Waals surface area contributed by atoms with Gasteiger partial charge in [0.15, 0.2) is 5.82 Å². The second kappa shape index (κ2) is 7.33. The molecule has 0 amide bonds. The molecule has 0 unspecified atom stereocenters. The molecular formula is C27H20N2. The Morgan fingerprint density at radius 2 is 1.24 bits per heavy atom. The van der Waals surface area contributed by atoms with Crippen molar-refractivity contribution in [2.45, 2.75) is 6.92 Å². The molecule has 5 aromatic rings. The normalized spacial score (nSPS) is 10.9. The van der Waals surface area contributed by atoms with E-state index in [-0.39, 0.29) is 0 Å². The molecule has 138 valence electrons. The molecule has 4 aromatic carbocycles. The highest BCUT2D eigenvalue weighted by Gasteiger charge is 2.12. The molecule has 29 heavy (non-hydrogen) atoms. The molecule has 0 aliphatic rings. The lowest BCUT2D eigenvalue weighted by Crippen LogP contribution is -1.96. The summed E-state index contributed by atoms with van der Waals surface area (Å²) >= 11 is 0. The number of nitrogens with zero attached hydrogens (tertiary/aromatic N) is 2. The third-order valence-electron chi connectivity index (χ3n) is 5.17. The van der Waals surface area contributed by atoms with Gasteiger partial charge < -0.3 is 0 Å². The highest BCUT2D eigenvalue weighted by Crippen LogP contribution is 2.31. The van der Waals surface area contributed by atoms with E-state index in [9.17, 15) is 0 Å². The third-order valence-corrected chi connectivity index (χ3v) is 5.17. The molecule has 1 heterocycles. The molecule has 0 aliphatic carbocycles. The minimum atomic E-state index is 0.742. The SMILES string of the molecule is Cc1ccc(-c2cc(-c3cccc4ccccc34)nc(-c3ccccc3)n2)cc1. The summed E-state index contributed by atoms with van der Waals surface area (Å²) in [5.41, 5.74) is 6.34. The van der Waals surface area contributed by atoms with Crippen LogP contribution in [-0.4, -0.2) is 9.97 Å². The first-order valence-electron chi connectivity index (χ1n) is 9.78. The largest absolute Gasteiger partial charge is 0.228 e. The second-order valence-corrected chi connectivity index (χ2v) is 7.22. The molecule has 1 aromatic heterocycles. The molecule has 5 rings (SSSR count). The fraction of sp³-hybridized carbons (Fsp3) is 0.0370. The predicted molar refractivity (Wildman–Crippen MR) is 121 cm³/mol. The van der Waals surface area contributed by atoms with Crippen molar-refractivity contribution in [3.05, 3.63) is 109 Å². The molecule has 2 heteroatoms. The van der Waals surface area contributed by atoms with E-state index in [1.54, 1.807) is 0 Å². The average molecular weight is 372 g/mol. The molecule has 0 atom stereocenters. The van der Waals surface area contributed by atoms with E-state index in [0.29, 0.717) is 0 Å². The molecule has 0 fully saturated rings. The summed E-state index contributed by atoms with van der Waals surface area (Å²) in [5, 5.41) is 2.41. The Balaban J connectivity index is 1.76. The van der Waals surface area contributed by atoms with Crippen molar-refractivity contribution in [3.63, 3.8) is 0 Å². The second-order valence-electron chi connectivity index (χ2n) is 7.22. The van der Waals surface area contributed by atoms with E-state index in [1.807, 2.05) is 18.2 Å². The number of hydrogen-bond donors (Lipinski definition) is 0. The maximum atomic E-state index is 4.96. The molecule has 2 nitrogen and oxygen atoms in total. The maximum absolute atomic E-state index is 4.96. The van der Waals surface area contributed by atoms with Gasteiger partial charge in [-0.15, -0.1) is 0 Å². The van der Waals surface area contributed by atoms with E-state index >= 15 is 0 Å². The zero-order valence-corrected chi connectivity index (χ0v) is 16.2. The Kier molecular flexibility index (Phi) is 4.38. The summed E-state index contributed by atoms with van der Waals surface area (Å²) in [6.07, 6.45) is 0. The molecule has 0 aliphatic heterocycles. The summed E-state index contributed by atoms with van der Waals surface area (Å²) in [7, 11) is 0. The van der Waals surface area contributed by atoms with Crippen LogP contribution in [0.1, 0.15) is 5.56 Å². The van der Waals surface area contributed by atoms with E-state index in [4.69, 9.17) is 9.97 Å². The minimum absolute atomic E-state index is 0.742. The first kappa shape index (κ1) is 17.3. The molecule has 0 saturated heterocycles. The van der Waals surface area contributed by atoms with Crippen LogP contribution < -0.4 is 0 Å². The van der Waals surface area contributed by atoms with Gasteiger partial charge in [-0.3, -0.25) is 0 Å². The van der Waals surface area contributed by atoms with Crippen molar-refractivity contribution in [2.75, 3.05) is 0 Å². The van der Waals surface area contributed by atoms with Crippen molar-refractivity contribution in [2.24, 2.45) is 0 Å². The fourth-order valence-corrected chi connectivity index (χ4v) is 3.62. The Labute approximate surface area is 170 Å². The zero-order chi connectivity index (χ0) is 19.6. The smallest absolute Gasteiger partial charge is 0.160 e. The maximum Gasteiger partial charge on any atom is 0.160 e. The lowest BCUT2D eigenvalue weighted by atomic mass is 10.00. The Bertz CT molecular complexity index is 1280. The van der Waals surface area contributed by atoms with E-state index in [2.05, 4.69) is 91.9 Å². The van der Waals surface area contributed by atoms with Crippen molar-refractivity contribution in [3.8, 4) is 33.9 Å². The van der Waals surface area contributed by atoms with Gasteiger partial charge in [0.1, 0.15) is 0 Å². The Hall–Kier alpha value is -3.78. The fourth-order valence-electron chi connectivity index (χ4n) is 3.62. The van der Waals surface area contributed by atoms with E-state index in [1.165, 1.54) is 16.3 Å². The predicted octanol–water partition coefficient (Wildman–Crippen LogP) is 6.94. The number of hydrogen-bond acceptors (Lipinski definition) is 2. The van der Waals surface area contributed by atoms with Gasteiger partial charge in [-0.25, -0.2) is 9.97 Å². The van der Waals surface area contributed by atoms with Crippen LogP contribution >= 0.6 is 0 Å². The summed E-state index contributed by atoms with van der Waals surface area (Å²) < 4.78 is 0. The molecule has 0 spiro atoms. The minimum Gasteiger partial charge on any atom is -0.228 e. The van der Waals surface area contributed by atoms with Crippen molar-refractivity contribution in [1.82, 2.24) is 9.97 Å². The quantitative estimate of drug-likeness (QED) is 0.343. The first-order valence-corrected chi connectivity index (χ1v) is 9.78. The molecule has 0 saturated carbocycles. The standard InChI is InChI=1S/C27H20N2/c1-19-14-16-21(17-15-19)25-18-26(29-27(28-25)22-9-3-2-4-10-22)24-13-7-11-20-8-5-6-12-23(20)24/h2-18H,1H3. The van der Waals surface area contributed by atoms with Crippen molar-refractivity contribution >= 4 is 10.8 Å². The van der Waals surface area contributed by atoms with Gasteiger partial charge in [0, 0.05) is 16.7 Å². The summed E-state index contributed by atoms with van der Waals surface area (Å²) in [5.74, 6) is 0.742. The summed E-state index contributed by atoms with van der Waals surface area (Å²) in [4.78, 5) is 9.85. The van der Waals surface area contributed by atoms with Gasteiger partial charge in [0.25, 0.3) is 0 Å². The van der Waals surface area contributed by atoms with Gasteiger partial charge in [0.05, 0.1) is 11.4 Å². The first-order chi connectivity index (χ1) is 14.3. The molecule has 0 radical (unpaired) electrons. The highest BCUT2D eigenvalue weighted by molar-refractivity contribution is 5.96. The third kappa shape index (κ3) is 3.41. The van der Waals surface area contributed by atoms with Crippen molar-refractivity contribution < 1.29 is 0 Å². The molecule has 0 bridgehead atoms. The van der Waals surface area contributed by atoms with Crippen LogP contribution in [0.5, 0.6) is 0 Å². The number of aromatic nitrogens is 2. The zero-order valence-electron chi connectivity index (χ0n) is 16.2. The lowest BCUT2D eigenvalue weighted by molar-refractivity contribution is 1.18. The van der Waals surface area contributed by atoms with E-state index < -0.39 is 0 Å². The topological polar surface area (TPSA) is 25.8 Å². The number of benzene rings is 4. The van der Waals surface area contributed by atoms with Gasteiger partial charge in [-0.1, -0.05) is 103 Å². The van der Waals surface area contributed by atoms with Crippen LogP contribution in [0.2, 0.25) is 0 Å². The Morgan fingerprint density at radius 3 is 2.07 bits per heavy atom. The average Bonchev–Trinajstić information content (AvgIpc) is 2.79. The van der Waals surface area contributed by atoms with E-state index in [0.717, 1.165) is 33.9 Å². The van der Waals surface area contributed by atoms with Crippen molar-refractivity contribution in [1.29, 1.82) is 0 Å². The van der Waals surface area contributed by atoms with Crippen LogP contribution in [0.25, 0.3) is 44.7 Å². The number of aryl methyl sites for hydroxylation is 1. The van der Waals surface area contributed by atoms with Crippen LogP contribution in [-0.2, 0) is 0 Å². The van der Waals surface area contributed by atoms with Crippen LogP contribution in [0, 0.1) is 6.92 Å². The monoisotopic (exact) mass is 372 g/mol. The Morgan fingerprint density at radius 1 is 0.552 bits per heavy atom. The molecular weight excluding hydrogens is 352 g/mol. The van der Waals surface area contributed by atoms with Gasteiger partial charge in [-0.05, 0) is 23.8 Å². The van der Waals surface area contributed by atoms with Crippen LogP contribution in [0.4, 0.5) is 0 Å². The van der Waals surface area contributed by atoms with Gasteiger partial charge >= 0.3 is 0 Å². The number of fused-ring (bicyclic) bond motifs is 1. The van der Waals surface area contributed by atoms with Gasteiger partial charge in [-0.2, -0.15) is 0 Å². The van der Waals surface area contributed by atoms with Crippen LogP contribution in [0.15, 0.2) is 103 Å².